The Morgan fingerprint density at radius 2 is 2.11 bits per heavy atom. The molecule has 2 rings (SSSR count). The molecule has 0 spiro atoms. The molecule has 1 heterocycles. The summed E-state index contributed by atoms with van der Waals surface area (Å²) in [4.78, 5) is 15.5. The van der Waals surface area contributed by atoms with Gasteiger partial charge in [0, 0.05) is 11.9 Å². The first kappa shape index (κ1) is 13.0. The van der Waals surface area contributed by atoms with E-state index in [1.807, 2.05) is 0 Å². The number of anilines is 2. The maximum atomic E-state index is 13.1. The van der Waals surface area contributed by atoms with Crippen LogP contribution in [0.3, 0.4) is 0 Å². The van der Waals surface area contributed by atoms with Crippen LogP contribution in [-0.4, -0.2) is 18.1 Å². The first-order valence-corrected chi connectivity index (χ1v) is 5.67. The Kier molecular flexibility index (Phi) is 3.75. The van der Waals surface area contributed by atoms with Gasteiger partial charge in [0.15, 0.2) is 0 Å². The van der Waals surface area contributed by atoms with Crippen molar-refractivity contribution in [3.8, 4) is 0 Å². The summed E-state index contributed by atoms with van der Waals surface area (Å²) in [6.45, 7) is 1.68. The van der Waals surface area contributed by atoms with Crippen molar-refractivity contribution in [3.05, 3.63) is 53.5 Å². The van der Waals surface area contributed by atoms with Crippen molar-refractivity contribution in [1.82, 2.24) is 4.98 Å². The topological polar surface area (TPSA) is 51.2 Å². The Balaban J connectivity index is 2.23. The summed E-state index contributed by atoms with van der Waals surface area (Å²) in [5, 5.41) is 3.01. The van der Waals surface area contributed by atoms with Crippen molar-refractivity contribution < 1.29 is 13.9 Å². The number of methoxy groups -OCH3 is 1. The zero-order valence-corrected chi connectivity index (χ0v) is 10.6. The van der Waals surface area contributed by atoms with Gasteiger partial charge in [0.25, 0.3) is 0 Å². The van der Waals surface area contributed by atoms with Crippen LogP contribution >= 0.6 is 0 Å². The smallest absolute Gasteiger partial charge is 0.338 e. The van der Waals surface area contributed by atoms with Crippen molar-refractivity contribution in [2.75, 3.05) is 12.4 Å². The molecule has 98 valence electrons. The van der Waals surface area contributed by atoms with E-state index in [4.69, 9.17) is 0 Å². The number of esters is 1. The summed E-state index contributed by atoms with van der Waals surface area (Å²) < 4.78 is 17.8. The molecule has 0 fully saturated rings. The van der Waals surface area contributed by atoms with E-state index in [2.05, 4.69) is 15.0 Å². The molecule has 19 heavy (non-hydrogen) atoms. The number of aromatic nitrogens is 1. The number of nitrogens with zero attached hydrogens (tertiary/aromatic N) is 1. The number of hydrogen-bond donors (Lipinski definition) is 1. The molecule has 0 amide bonds. The van der Waals surface area contributed by atoms with Crippen molar-refractivity contribution in [2.24, 2.45) is 0 Å². The van der Waals surface area contributed by atoms with Crippen molar-refractivity contribution in [2.45, 2.75) is 6.92 Å². The second kappa shape index (κ2) is 5.48. The average molecular weight is 260 g/mol. The molecule has 0 aliphatic rings. The molecule has 0 radical (unpaired) electrons. The molecule has 0 atom stereocenters. The van der Waals surface area contributed by atoms with Crippen molar-refractivity contribution >= 4 is 17.5 Å². The predicted molar refractivity (Wildman–Crippen MR) is 70.0 cm³/mol. The Bertz CT molecular complexity index is 614. The van der Waals surface area contributed by atoms with Crippen LogP contribution in [0.5, 0.6) is 0 Å². The number of benzene rings is 1. The summed E-state index contributed by atoms with van der Waals surface area (Å²) in [5.74, 6) is -0.198. The van der Waals surface area contributed by atoms with Crippen LogP contribution in [0, 0.1) is 12.7 Å². The fourth-order valence-corrected chi connectivity index (χ4v) is 1.61. The second-order valence-electron chi connectivity index (χ2n) is 4.01. The highest BCUT2D eigenvalue weighted by Crippen LogP contribution is 2.18. The zero-order chi connectivity index (χ0) is 13.8. The van der Waals surface area contributed by atoms with E-state index in [-0.39, 0.29) is 5.82 Å². The number of halogens is 1. The summed E-state index contributed by atoms with van der Waals surface area (Å²) >= 11 is 0. The Labute approximate surface area is 110 Å². The van der Waals surface area contributed by atoms with Crippen LogP contribution in [0.25, 0.3) is 0 Å². The highest BCUT2D eigenvalue weighted by Gasteiger charge is 2.07. The molecule has 2 aromatic rings. The van der Waals surface area contributed by atoms with Gasteiger partial charge in [-0.2, -0.15) is 0 Å². The van der Waals surface area contributed by atoms with Gasteiger partial charge in [-0.25, -0.2) is 14.2 Å². The molecule has 0 unspecified atom stereocenters. The van der Waals surface area contributed by atoms with E-state index in [0.29, 0.717) is 22.6 Å². The third-order valence-electron chi connectivity index (χ3n) is 2.61. The third-order valence-corrected chi connectivity index (χ3v) is 2.61. The van der Waals surface area contributed by atoms with Crippen LogP contribution in [-0.2, 0) is 4.74 Å². The number of pyridine rings is 1. The molecule has 0 aliphatic carbocycles. The molecule has 0 bridgehead atoms. The number of carbonyl (C=O) groups excluding carboxylic acids is 1. The Morgan fingerprint density at radius 1 is 1.32 bits per heavy atom. The van der Waals surface area contributed by atoms with Crippen LogP contribution in [0.4, 0.5) is 15.9 Å². The van der Waals surface area contributed by atoms with Gasteiger partial charge in [-0.3, -0.25) is 0 Å². The number of rotatable bonds is 3. The van der Waals surface area contributed by atoms with Crippen molar-refractivity contribution in [1.29, 1.82) is 0 Å². The Morgan fingerprint density at radius 3 is 2.79 bits per heavy atom. The van der Waals surface area contributed by atoms with Gasteiger partial charge in [-0.05, 0) is 42.8 Å². The van der Waals surface area contributed by atoms with Crippen LogP contribution in [0.2, 0.25) is 0 Å². The minimum atomic E-state index is -0.430. The lowest BCUT2D eigenvalue weighted by Gasteiger charge is -2.08. The maximum Gasteiger partial charge on any atom is 0.338 e. The molecular weight excluding hydrogens is 247 g/mol. The number of ether oxygens (including phenoxy) is 1. The summed E-state index contributed by atoms with van der Waals surface area (Å²) in [6.07, 6.45) is 1.50. The summed E-state index contributed by atoms with van der Waals surface area (Å²) in [6, 6.07) is 7.79. The van der Waals surface area contributed by atoms with E-state index in [1.54, 1.807) is 31.2 Å². The van der Waals surface area contributed by atoms with E-state index < -0.39 is 5.97 Å². The fraction of sp³-hybridized carbons (Fsp3) is 0.143. The first-order valence-electron chi connectivity index (χ1n) is 5.67. The molecule has 0 aliphatic heterocycles. The fourth-order valence-electron chi connectivity index (χ4n) is 1.61. The van der Waals surface area contributed by atoms with Crippen LogP contribution < -0.4 is 5.32 Å². The third kappa shape index (κ3) is 3.07. The van der Waals surface area contributed by atoms with Gasteiger partial charge >= 0.3 is 5.97 Å². The molecule has 5 heteroatoms. The molecule has 0 saturated carbocycles. The average Bonchev–Trinajstić information content (AvgIpc) is 2.42. The first-order chi connectivity index (χ1) is 9.10. The normalized spacial score (nSPS) is 10.1. The summed E-state index contributed by atoms with van der Waals surface area (Å²) in [5.41, 5.74) is 1.64. The standard InChI is InChI=1S/C14H13FN2O2/c1-9-7-11(3-4-12(9)15)17-13-8-10(5-6-16-13)14(18)19-2/h3-8H,1-2H3,(H,16,17). The van der Waals surface area contributed by atoms with Crippen LogP contribution in [0.1, 0.15) is 15.9 Å². The number of carbonyl (C=O) groups is 1. The highest BCUT2D eigenvalue weighted by molar-refractivity contribution is 5.90. The van der Waals surface area contributed by atoms with E-state index in [9.17, 15) is 9.18 Å². The lowest BCUT2D eigenvalue weighted by Crippen LogP contribution is -2.03. The highest BCUT2D eigenvalue weighted by atomic mass is 19.1. The quantitative estimate of drug-likeness (QED) is 0.862. The van der Waals surface area contributed by atoms with E-state index in [0.717, 1.165) is 0 Å². The van der Waals surface area contributed by atoms with Gasteiger partial charge in [-0.1, -0.05) is 0 Å². The van der Waals surface area contributed by atoms with E-state index in [1.165, 1.54) is 19.4 Å². The number of hydrogen-bond acceptors (Lipinski definition) is 4. The van der Waals surface area contributed by atoms with Gasteiger partial charge in [0.1, 0.15) is 11.6 Å². The monoisotopic (exact) mass is 260 g/mol. The second-order valence-corrected chi connectivity index (χ2v) is 4.01. The minimum Gasteiger partial charge on any atom is -0.465 e. The molecule has 0 saturated heterocycles. The summed E-state index contributed by atoms with van der Waals surface area (Å²) in [7, 11) is 1.32. The molecular formula is C14H13FN2O2. The zero-order valence-electron chi connectivity index (χ0n) is 10.6. The van der Waals surface area contributed by atoms with Gasteiger partial charge < -0.3 is 10.1 Å². The minimum absolute atomic E-state index is 0.262. The Hall–Kier alpha value is -2.43. The lowest BCUT2D eigenvalue weighted by atomic mass is 10.2. The van der Waals surface area contributed by atoms with Gasteiger partial charge in [0.05, 0.1) is 12.7 Å². The molecule has 1 aromatic carbocycles. The van der Waals surface area contributed by atoms with Crippen molar-refractivity contribution in [3.63, 3.8) is 0 Å². The molecule has 4 nitrogen and oxygen atoms in total. The van der Waals surface area contributed by atoms with Gasteiger partial charge in [0.2, 0.25) is 0 Å². The van der Waals surface area contributed by atoms with Crippen LogP contribution in [0.15, 0.2) is 36.5 Å². The molecule has 1 aromatic heterocycles. The predicted octanol–water partition coefficient (Wildman–Crippen LogP) is 3.06. The maximum absolute atomic E-state index is 13.1. The number of nitrogens with one attached hydrogen (secondary N) is 1. The van der Waals surface area contributed by atoms with E-state index >= 15 is 0 Å². The molecule has 1 N–H and O–H groups in total. The SMILES string of the molecule is COC(=O)c1ccnc(Nc2ccc(F)c(C)c2)c1. The van der Waals surface area contributed by atoms with Gasteiger partial charge in [-0.15, -0.1) is 0 Å². The lowest BCUT2D eigenvalue weighted by molar-refractivity contribution is 0.0600. The number of aryl methyl sites for hydroxylation is 1. The largest absolute Gasteiger partial charge is 0.465 e.